The van der Waals surface area contributed by atoms with Gasteiger partial charge in [-0.05, 0) is 55.0 Å². The minimum Gasteiger partial charge on any atom is -0.490 e. The molecule has 0 fully saturated rings. The Morgan fingerprint density at radius 3 is 2.44 bits per heavy atom. The van der Waals surface area contributed by atoms with Gasteiger partial charge in [0.1, 0.15) is 24.0 Å². The number of ether oxygens (including phenoxy) is 1. The number of para-hydroxylation sites is 1. The molecule has 0 saturated carbocycles. The molecule has 1 aliphatic rings. The lowest BCUT2D eigenvalue weighted by Crippen LogP contribution is -2.39. The smallest absolute Gasteiger partial charge is 0.271 e. The van der Waals surface area contributed by atoms with Crippen LogP contribution >= 0.6 is 0 Å². The number of benzene rings is 2. The van der Waals surface area contributed by atoms with Crippen molar-refractivity contribution < 1.29 is 14.3 Å². The molecule has 0 radical (unpaired) electrons. The second kappa shape index (κ2) is 9.43. The van der Waals surface area contributed by atoms with E-state index in [4.69, 9.17) is 9.84 Å². The largest absolute Gasteiger partial charge is 0.490 e. The Labute approximate surface area is 197 Å². The summed E-state index contributed by atoms with van der Waals surface area (Å²) in [6.07, 6.45) is 5.18. The van der Waals surface area contributed by atoms with Crippen molar-refractivity contribution >= 4 is 17.9 Å². The first-order valence-electron chi connectivity index (χ1n) is 10.6. The predicted molar refractivity (Wildman–Crippen MR) is 129 cm³/mol. The van der Waals surface area contributed by atoms with Gasteiger partial charge in [0.2, 0.25) is 0 Å². The van der Waals surface area contributed by atoms with Crippen LogP contribution < -0.4 is 4.74 Å². The number of carbonyl (C=O) groups is 2. The highest BCUT2D eigenvalue weighted by Gasteiger charge is 2.33. The van der Waals surface area contributed by atoms with Gasteiger partial charge >= 0.3 is 0 Å². The van der Waals surface area contributed by atoms with E-state index in [1.165, 1.54) is 7.05 Å². The van der Waals surface area contributed by atoms with Crippen molar-refractivity contribution in [2.24, 2.45) is 0 Å². The molecule has 0 spiro atoms. The molecule has 34 heavy (non-hydrogen) atoms. The molecule has 3 aromatic rings. The third kappa shape index (κ3) is 4.17. The van der Waals surface area contributed by atoms with Crippen LogP contribution in [0.2, 0.25) is 0 Å². The van der Waals surface area contributed by atoms with Gasteiger partial charge in [0.05, 0.1) is 11.4 Å². The Balaban J connectivity index is 1.86. The van der Waals surface area contributed by atoms with Crippen LogP contribution in [-0.2, 0) is 9.59 Å². The van der Waals surface area contributed by atoms with Crippen molar-refractivity contribution in [2.75, 3.05) is 13.7 Å². The summed E-state index contributed by atoms with van der Waals surface area (Å²) in [5, 5.41) is 14.2. The zero-order valence-electron chi connectivity index (χ0n) is 18.9. The maximum atomic E-state index is 12.9. The van der Waals surface area contributed by atoms with E-state index >= 15 is 0 Å². The van der Waals surface area contributed by atoms with Crippen molar-refractivity contribution in [1.82, 2.24) is 14.7 Å². The molecule has 168 valence electrons. The highest BCUT2D eigenvalue weighted by atomic mass is 16.5. The van der Waals surface area contributed by atoms with Gasteiger partial charge in [-0.1, -0.05) is 30.9 Å². The van der Waals surface area contributed by atoms with Crippen molar-refractivity contribution in [2.45, 2.75) is 6.92 Å². The molecule has 7 heteroatoms. The fourth-order valence-electron chi connectivity index (χ4n) is 3.65. The Morgan fingerprint density at radius 2 is 1.79 bits per heavy atom. The topological polar surface area (TPSA) is 88.2 Å². The molecule has 4 rings (SSSR count). The number of imide groups is 1. The molecule has 0 atom stereocenters. The van der Waals surface area contributed by atoms with Gasteiger partial charge < -0.3 is 4.74 Å². The Hall–Kier alpha value is -4.70. The number of hydrogen-bond donors (Lipinski definition) is 0. The first-order chi connectivity index (χ1) is 16.4. The van der Waals surface area contributed by atoms with E-state index in [1.807, 2.05) is 66.9 Å². The van der Waals surface area contributed by atoms with Crippen LogP contribution in [-0.4, -0.2) is 40.1 Å². The molecule has 0 saturated heterocycles. The molecule has 2 aromatic carbocycles. The number of carbonyl (C=O) groups excluding carboxylic acids is 2. The number of rotatable bonds is 6. The minimum atomic E-state index is -0.600. The normalized spacial score (nSPS) is 15.0. The number of hydrogen-bond acceptors (Lipinski definition) is 5. The van der Waals surface area contributed by atoms with Crippen molar-refractivity contribution in [1.29, 1.82) is 5.26 Å². The molecule has 2 heterocycles. The van der Waals surface area contributed by atoms with Gasteiger partial charge in [0, 0.05) is 29.9 Å². The van der Waals surface area contributed by atoms with Crippen LogP contribution in [0.15, 0.2) is 90.2 Å². The quantitative estimate of drug-likeness (QED) is 0.317. The Kier molecular flexibility index (Phi) is 6.24. The van der Waals surface area contributed by atoms with E-state index in [1.54, 1.807) is 23.8 Å². The van der Waals surface area contributed by atoms with E-state index in [2.05, 4.69) is 6.58 Å². The lowest BCUT2D eigenvalue weighted by Gasteiger charge is -2.23. The average molecular weight is 450 g/mol. The van der Waals surface area contributed by atoms with Crippen LogP contribution in [0.5, 0.6) is 5.75 Å². The predicted octanol–water partition coefficient (Wildman–Crippen LogP) is 4.33. The summed E-state index contributed by atoms with van der Waals surface area (Å²) in [6.45, 7) is 5.67. The van der Waals surface area contributed by atoms with E-state index < -0.39 is 11.8 Å². The SMILES string of the molecule is C=CCOc1ccc(-c2nn(-c3ccccc3)cc2/C=C2/C(=O)N(C)C(=O)C(C#N)=C2C)cc1. The van der Waals surface area contributed by atoms with Crippen molar-refractivity contribution in [3.8, 4) is 28.8 Å². The first-order valence-corrected chi connectivity index (χ1v) is 10.6. The molecule has 7 nitrogen and oxygen atoms in total. The van der Waals surface area contributed by atoms with Crippen LogP contribution in [0, 0.1) is 11.3 Å². The summed E-state index contributed by atoms with van der Waals surface area (Å²) >= 11 is 0. The highest BCUT2D eigenvalue weighted by molar-refractivity contribution is 6.19. The van der Waals surface area contributed by atoms with E-state index in [0.717, 1.165) is 16.2 Å². The fraction of sp³-hybridized carbons (Fsp3) is 0.111. The molecule has 2 amide bonds. The van der Waals surface area contributed by atoms with Crippen LogP contribution in [0.3, 0.4) is 0 Å². The molecule has 1 aliphatic heterocycles. The summed E-state index contributed by atoms with van der Waals surface area (Å²) < 4.78 is 7.30. The van der Waals surface area contributed by atoms with Gasteiger partial charge in [0.25, 0.3) is 11.8 Å². The number of likely N-dealkylation sites (N-methyl/N-ethyl adjacent to an activating group) is 1. The van der Waals surface area contributed by atoms with Gasteiger partial charge in [-0.15, -0.1) is 0 Å². The van der Waals surface area contributed by atoms with E-state index in [0.29, 0.717) is 29.2 Å². The summed E-state index contributed by atoms with van der Waals surface area (Å²) in [5.41, 5.74) is 3.57. The molecular weight excluding hydrogens is 428 g/mol. The Bertz CT molecular complexity index is 1370. The summed E-state index contributed by atoms with van der Waals surface area (Å²) in [6, 6.07) is 19.0. The summed E-state index contributed by atoms with van der Waals surface area (Å²) in [7, 11) is 1.37. The number of nitrogens with zero attached hydrogens (tertiary/aromatic N) is 4. The van der Waals surface area contributed by atoms with Gasteiger partial charge in [-0.3, -0.25) is 14.5 Å². The van der Waals surface area contributed by atoms with Gasteiger partial charge in [-0.25, -0.2) is 4.68 Å². The standard InChI is InChI=1S/C27H22N4O3/c1-4-14-34-22-12-10-19(11-13-22)25-20(17-31(29-25)21-8-6-5-7-9-21)15-23-18(2)24(16-28)27(33)30(3)26(23)32/h4-13,15,17H,1,14H2,2-3H3/b23-15+. The zero-order chi connectivity index (χ0) is 24.2. The molecule has 0 aliphatic carbocycles. The van der Waals surface area contributed by atoms with Crippen molar-refractivity contribution in [3.05, 3.63) is 95.7 Å². The highest BCUT2D eigenvalue weighted by Crippen LogP contribution is 2.31. The summed E-state index contributed by atoms with van der Waals surface area (Å²) in [4.78, 5) is 26.2. The van der Waals surface area contributed by atoms with E-state index in [-0.39, 0.29) is 11.1 Å². The second-order valence-corrected chi connectivity index (χ2v) is 7.68. The number of nitriles is 1. The van der Waals surface area contributed by atoms with Crippen LogP contribution in [0.4, 0.5) is 0 Å². The molecule has 0 N–H and O–H groups in total. The lowest BCUT2D eigenvalue weighted by atomic mass is 9.93. The van der Waals surface area contributed by atoms with Crippen molar-refractivity contribution in [3.63, 3.8) is 0 Å². The Morgan fingerprint density at radius 1 is 1.09 bits per heavy atom. The number of amides is 2. The van der Waals surface area contributed by atoms with Crippen LogP contribution in [0.25, 0.3) is 23.0 Å². The zero-order valence-corrected chi connectivity index (χ0v) is 18.9. The summed E-state index contributed by atoms with van der Waals surface area (Å²) in [5.74, 6) is -0.364. The number of aromatic nitrogens is 2. The second-order valence-electron chi connectivity index (χ2n) is 7.68. The van der Waals surface area contributed by atoms with Gasteiger partial charge in [0.15, 0.2) is 0 Å². The maximum absolute atomic E-state index is 12.9. The average Bonchev–Trinajstić information content (AvgIpc) is 3.29. The molecule has 1 aromatic heterocycles. The maximum Gasteiger partial charge on any atom is 0.271 e. The molecular formula is C27H22N4O3. The minimum absolute atomic E-state index is 0.0472. The first kappa shape index (κ1) is 22.5. The fourth-order valence-corrected chi connectivity index (χ4v) is 3.65. The van der Waals surface area contributed by atoms with Crippen LogP contribution in [0.1, 0.15) is 12.5 Å². The molecule has 0 bridgehead atoms. The van der Waals surface area contributed by atoms with Gasteiger partial charge in [-0.2, -0.15) is 10.4 Å². The monoisotopic (exact) mass is 450 g/mol. The third-order valence-corrected chi connectivity index (χ3v) is 5.50. The third-order valence-electron chi connectivity index (χ3n) is 5.50. The molecule has 0 unspecified atom stereocenters. The lowest BCUT2D eigenvalue weighted by molar-refractivity contribution is -0.138. The van der Waals surface area contributed by atoms with E-state index in [9.17, 15) is 14.9 Å².